The van der Waals surface area contributed by atoms with Gasteiger partial charge in [0.15, 0.2) is 0 Å². The number of carbonyl (C=O) groups excluding carboxylic acids is 2. The Balaban J connectivity index is 1.42. The van der Waals surface area contributed by atoms with Gasteiger partial charge in [-0.1, -0.05) is 24.3 Å². The molecule has 1 aromatic carbocycles. The Hall–Kier alpha value is -3.47. The number of hydrogen-bond acceptors (Lipinski definition) is 6. The summed E-state index contributed by atoms with van der Waals surface area (Å²) in [5, 5.41) is 20.2. The molecule has 1 saturated heterocycles. The number of likely N-dealkylation sites (tertiary alicyclic amines) is 1. The topological polar surface area (TPSA) is 108 Å². The van der Waals surface area contributed by atoms with E-state index in [9.17, 15) is 14.9 Å². The van der Waals surface area contributed by atoms with Crippen LogP contribution in [0.1, 0.15) is 45.6 Å². The maximum Gasteiger partial charge on any atom is 0.411 e. The molecule has 8 nitrogen and oxygen atoms in total. The molecule has 33 heavy (non-hydrogen) atoms. The van der Waals surface area contributed by atoms with Gasteiger partial charge in [-0.3, -0.25) is 9.69 Å². The van der Waals surface area contributed by atoms with Crippen molar-refractivity contribution in [3.05, 3.63) is 48.3 Å². The van der Waals surface area contributed by atoms with Gasteiger partial charge in [-0.25, -0.2) is 4.79 Å². The number of ether oxygens (including phenoxy) is 1. The van der Waals surface area contributed by atoms with E-state index in [1.54, 1.807) is 17.3 Å². The molecule has 172 valence electrons. The normalized spacial score (nSPS) is 22.5. The molecule has 1 aliphatic carbocycles. The average molecular weight is 448 g/mol. The van der Waals surface area contributed by atoms with Gasteiger partial charge in [-0.2, -0.15) is 15.5 Å². The average Bonchev–Trinajstić information content (AvgIpc) is 3.40. The fraction of sp³-hybridized carbons (Fsp3) is 0.480. The highest BCUT2D eigenvalue weighted by Crippen LogP contribution is 2.43. The number of nitrogens with zero attached hydrogens (tertiary/aromatic N) is 4. The summed E-state index contributed by atoms with van der Waals surface area (Å²) >= 11 is 0. The van der Waals surface area contributed by atoms with Gasteiger partial charge in [0.05, 0.1) is 18.5 Å². The number of nitrogens with one attached hydrogen (secondary N) is 1. The molecule has 1 saturated carbocycles. The van der Waals surface area contributed by atoms with Crippen LogP contribution in [0.5, 0.6) is 0 Å². The lowest BCUT2D eigenvalue weighted by Crippen LogP contribution is -2.55. The van der Waals surface area contributed by atoms with Gasteiger partial charge in [-0.15, -0.1) is 0 Å². The summed E-state index contributed by atoms with van der Waals surface area (Å²) in [6.45, 7) is 5.45. The third-order valence-corrected chi connectivity index (χ3v) is 6.24. The molecule has 0 unspecified atom stereocenters. The zero-order chi connectivity index (χ0) is 23.6. The number of hydrogen-bond donors (Lipinski definition) is 1. The second kappa shape index (κ2) is 9.18. The van der Waals surface area contributed by atoms with E-state index in [0.29, 0.717) is 6.42 Å². The summed E-state index contributed by atoms with van der Waals surface area (Å²) in [6, 6.07) is 10.6. The minimum absolute atomic E-state index is 0.0244. The van der Waals surface area contributed by atoms with Crippen molar-refractivity contribution in [1.82, 2.24) is 20.4 Å². The Labute approximate surface area is 193 Å². The standard InChI is InChI=1S/C25H29N5O3/c1-25(2,3)33-24(32)30-21-9-8-18(13-21)22(30)23(31)29-20(14-26)12-16-4-6-17(7-5-16)19-10-11-27-28-15-19/h4-7,10-11,15,18,20-22H,8-9,12-13H2,1-3H3,(H,29,31)/t18-,20-,21+,22-/m0/s1. The van der Waals surface area contributed by atoms with Crippen LogP contribution in [-0.2, 0) is 16.0 Å². The third kappa shape index (κ3) is 5.14. The van der Waals surface area contributed by atoms with Gasteiger partial charge < -0.3 is 10.1 Å². The molecular weight excluding hydrogens is 418 g/mol. The summed E-state index contributed by atoms with van der Waals surface area (Å²) in [4.78, 5) is 27.6. The lowest BCUT2D eigenvalue weighted by atomic mass is 9.97. The summed E-state index contributed by atoms with van der Waals surface area (Å²) in [5.74, 6) is -0.172. The van der Waals surface area contributed by atoms with E-state index < -0.39 is 23.8 Å². The first-order chi connectivity index (χ1) is 15.7. The number of rotatable bonds is 5. The van der Waals surface area contributed by atoms with Crippen molar-refractivity contribution in [1.29, 1.82) is 5.26 Å². The van der Waals surface area contributed by atoms with E-state index in [0.717, 1.165) is 36.0 Å². The molecule has 4 rings (SSSR count). The maximum absolute atomic E-state index is 13.2. The predicted molar refractivity (Wildman–Crippen MR) is 122 cm³/mol. The Bertz CT molecular complexity index is 1040. The maximum atomic E-state index is 13.2. The summed E-state index contributed by atoms with van der Waals surface area (Å²) in [5.41, 5.74) is 2.26. The largest absolute Gasteiger partial charge is 0.444 e. The molecule has 1 N–H and O–H groups in total. The van der Waals surface area contributed by atoms with Crippen molar-refractivity contribution in [3.63, 3.8) is 0 Å². The van der Waals surface area contributed by atoms with E-state index in [1.165, 1.54) is 0 Å². The lowest BCUT2D eigenvalue weighted by molar-refractivity contribution is -0.128. The fourth-order valence-corrected chi connectivity index (χ4v) is 4.82. The molecule has 2 bridgehead atoms. The number of amides is 2. The Morgan fingerprint density at radius 1 is 1.18 bits per heavy atom. The smallest absolute Gasteiger partial charge is 0.411 e. The number of carbonyl (C=O) groups is 2. The van der Waals surface area contributed by atoms with Crippen molar-refractivity contribution < 1.29 is 14.3 Å². The SMILES string of the molecule is CC(C)(C)OC(=O)N1[C@@H]2CC[C@@H](C2)[C@H]1C(=O)N[C@H](C#N)Cc1ccc(-c2ccnnc2)cc1. The monoisotopic (exact) mass is 447 g/mol. The van der Waals surface area contributed by atoms with Gasteiger partial charge in [0.1, 0.15) is 17.7 Å². The first-order valence-corrected chi connectivity index (χ1v) is 11.3. The first kappa shape index (κ1) is 22.7. The highest BCUT2D eigenvalue weighted by Gasteiger charge is 2.52. The third-order valence-electron chi connectivity index (χ3n) is 6.24. The van der Waals surface area contributed by atoms with E-state index in [-0.39, 0.29) is 17.9 Å². The van der Waals surface area contributed by atoms with E-state index in [1.807, 2.05) is 51.1 Å². The van der Waals surface area contributed by atoms with E-state index in [2.05, 4.69) is 21.6 Å². The Morgan fingerprint density at radius 2 is 1.94 bits per heavy atom. The van der Waals surface area contributed by atoms with Crippen LogP contribution in [-0.4, -0.2) is 50.8 Å². The zero-order valence-corrected chi connectivity index (χ0v) is 19.2. The van der Waals surface area contributed by atoms with Gasteiger partial charge in [0.25, 0.3) is 0 Å². The molecule has 0 spiro atoms. The molecule has 8 heteroatoms. The van der Waals surface area contributed by atoms with E-state index in [4.69, 9.17) is 4.74 Å². The van der Waals surface area contributed by atoms with Crippen molar-refractivity contribution in [2.24, 2.45) is 5.92 Å². The molecule has 1 aliphatic heterocycles. The first-order valence-electron chi connectivity index (χ1n) is 11.3. The predicted octanol–water partition coefficient (Wildman–Crippen LogP) is 3.48. The summed E-state index contributed by atoms with van der Waals surface area (Å²) in [7, 11) is 0. The van der Waals surface area contributed by atoms with Crippen LogP contribution in [0.3, 0.4) is 0 Å². The van der Waals surface area contributed by atoms with Crippen molar-refractivity contribution in [3.8, 4) is 17.2 Å². The van der Waals surface area contributed by atoms with Gasteiger partial charge in [0, 0.05) is 18.0 Å². The number of aromatic nitrogens is 2. The van der Waals surface area contributed by atoms with Gasteiger partial charge >= 0.3 is 6.09 Å². The number of piperidine rings is 1. The Kier molecular flexibility index (Phi) is 6.32. The van der Waals surface area contributed by atoms with Crippen LogP contribution in [0.25, 0.3) is 11.1 Å². The van der Waals surface area contributed by atoms with Crippen LogP contribution >= 0.6 is 0 Å². The number of fused-ring (bicyclic) bond motifs is 2. The second-order valence-corrected chi connectivity index (χ2v) is 9.78. The van der Waals surface area contributed by atoms with Crippen LogP contribution in [0.2, 0.25) is 0 Å². The lowest BCUT2D eigenvalue weighted by Gasteiger charge is -2.35. The van der Waals surface area contributed by atoms with Crippen LogP contribution in [0, 0.1) is 17.2 Å². The Morgan fingerprint density at radius 3 is 2.58 bits per heavy atom. The minimum Gasteiger partial charge on any atom is -0.444 e. The molecule has 2 heterocycles. The van der Waals surface area contributed by atoms with Crippen LogP contribution in [0.15, 0.2) is 42.7 Å². The highest BCUT2D eigenvalue weighted by molar-refractivity contribution is 5.87. The zero-order valence-electron chi connectivity index (χ0n) is 19.2. The molecule has 1 aromatic heterocycles. The summed E-state index contributed by atoms with van der Waals surface area (Å²) < 4.78 is 5.56. The summed E-state index contributed by atoms with van der Waals surface area (Å²) in [6.07, 6.45) is 5.85. The highest BCUT2D eigenvalue weighted by atomic mass is 16.6. The van der Waals surface area contributed by atoms with Crippen molar-refractivity contribution >= 4 is 12.0 Å². The minimum atomic E-state index is -0.689. The molecule has 2 fully saturated rings. The molecular formula is C25H29N5O3. The molecule has 4 atom stereocenters. The quantitative estimate of drug-likeness (QED) is 0.752. The fourth-order valence-electron chi connectivity index (χ4n) is 4.82. The molecule has 2 aromatic rings. The second-order valence-electron chi connectivity index (χ2n) is 9.78. The van der Waals surface area contributed by atoms with Crippen LogP contribution < -0.4 is 5.32 Å². The van der Waals surface area contributed by atoms with E-state index >= 15 is 0 Å². The van der Waals surface area contributed by atoms with Crippen molar-refractivity contribution in [2.75, 3.05) is 0 Å². The molecule has 2 aliphatic rings. The molecule has 0 radical (unpaired) electrons. The molecule has 2 amide bonds. The van der Waals surface area contributed by atoms with Gasteiger partial charge in [-0.05, 0) is 63.1 Å². The number of benzene rings is 1. The number of nitriles is 1. The van der Waals surface area contributed by atoms with Crippen LogP contribution in [0.4, 0.5) is 4.79 Å². The van der Waals surface area contributed by atoms with Gasteiger partial charge in [0.2, 0.25) is 5.91 Å². The van der Waals surface area contributed by atoms with Crippen molar-refractivity contribution in [2.45, 2.75) is 70.2 Å².